The van der Waals surface area contributed by atoms with Crippen LogP contribution in [0.5, 0.6) is 5.75 Å². The normalized spacial score (nSPS) is 18.4. The highest BCUT2D eigenvalue weighted by atomic mass is 19.2. The summed E-state index contributed by atoms with van der Waals surface area (Å²) in [6.07, 6.45) is 4.59. The third-order valence-corrected chi connectivity index (χ3v) is 5.83. The van der Waals surface area contributed by atoms with Crippen LogP contribution in [0, 0.1) is 17.5 Å². The van der Waals surface area contributed by atoms with Crippen LogP contribution in [-0.2, 0) is 9.47 Å². The molecule has 4 rings (SSSR count). The number of hydrogen-bond donors (Lipinski definition) is 0. The highest BCUT2D eigenvalue weighted by Crippen LogP contribution is 2.33. The van der Waals surface area contributed by atoms with Gasteiger partial charge in [0.05, 0.1) is 19.5 Å². The molecule has 6 heteroatoms. The highest BCUT2D eigenvalue weighted by Gasteiger charge is 2.23. The molecular weight excluding hydrogens is 441 g/mol. The Morgan fingerprint density at radius 2 is 1.56 bits per heavy atom. The number of rotatable bonds is 7. The number of ether oxygens (including phenoxy) is 3. The summed E-state index contributed by atoms with van der Waals surface area (Å²) in [7, 11) is 0. The average Bonchev–Trinajstić information content (AvgIpc) is 2.85. The molecule has 0 spiro atoms. The summed E-state index contributed by atoms with van der Waals surface area (Å²) < 4.78 is 60.1. The van der Waals surface area contributed by atoms with Gasteiger partial charge < -0.3 is 14.2 Å². The summed E-state index contributed by atoms with van der Waals surface area (Å²) in [5.41, 5.74) is 2.64. The lowest BCUT2D eigenvalue weighted by Gasteiger charge is -2.27. The molecule has 0 N–H and O–H groups in total. The van der Waals surface area contributed by atoms with Crippen molar-refractivity contribution in [1.29, 1.82) is 0 Å². The van der Waals surface area contributed by atoms with Crippen molar-refractivity contribution in [2.45, 2.75) is 38.9 Å². The van der Waals surface area contributed by atoms with Crippen molar-refractivity contribution in [3.05, 3.63) is 90.0 Å². The predicted molar refractivity (Wildman–Crippen MR) is 126 cm³/mol. The Bertz CT molecular complexity index is 1150. The predicted octanol–water partition coefficient (Wildman–Crippen LogP) is 7.61. The Morgan fingerprint density at radius 3 is 2.24 bits per heavy atom. The maximum Gasteiger partial charge on any atom is 0.201 e. The lowest BCUT2D eigenvalue weighted by Crippen LogP contribution is -2.29. The first-order valence-electron chi connectivity index (χ1n) is 11.4. The molecule has 34 heavy (non-hydrogen) atoms. The van der Waals surface area contributed by atoms with E-state index in [1.807, 2.05) is 19.9 Å². The molecule has 1 heterocycles. The summed E-state index contributed by atoms with van der Waals surface area (Å²) in [5.74, 6) is -2.66. The Kier molecular flexibility index (Phi) is 7.70. The minimum atomic E-state index is -1.04. The van der Waals surface area contributed by atoms with Crippen LogP contribution < -0.4 is 4.74 Å². The van der Waals surface area contributed by atoms with Crippen LogP contribution in [0.4, 0.5) is 13.2 Å². The Hall–Kier alpha value is -3.09. The fourth-order valence-electron chi connectivity index (χ4n) is 3.86. The monoisotopic (exact) mass is 468 g/mol. The fraction of sp³-hybridized carbons (Fsp3) is 0.286. The maximum atomic E-state index is 14.8. The number of benzene rings is 3. The van der Waals surface area contributed by atoms with E-state index in [2.05, 4.69) is 0 Å². The molecule has 178 valence electrons. The summed E-state index contributed by atoms with van der Waals surface area (Å²) in [5, 5.41) is 0. The van der Waals surface area contributed by atoms with Gasteiger partial charge in [-0.2, -0.15) is 4.39 Å². The largest absolute Gasteiger partial charge is 0.462 e. The molecule has 1 aliphatic heterocycles. The van der Waals surface area contributed by atoms with E-state index in [-0.39, 0.29) is 29.3 Å². The van der Waals surface area contributed by atoms with Crippen molar-refractivity contribution in [3.8, 4) is 28.0 Å². The lowest BCUT2D eigenvalue weighted by atomic mass is 9.95. The van der Waals surface area contributed by atoms with Crippen LogP contribution in [0.3, 0.4) is 0 Å². The van der Waals surface area contributed by atoms with Crippen molar-refractivity contribution in [3.63, 3.8) is 0 Å². The third-order valence-electron chi connectivity index (χ3n) is 5.83. The van der Waals surface area contributed by atoms with E-state index in [1.54, 1.807) is 36.4 Å². The Morgan fingerprint density at radius 1 is 0.882 bits per heavy atom. The minimum Gasteiger partial charge on any atom is -0.462 e. The summed E-state index contributed by atoms with van der Waals surface area (Å²) >= 11 is 0. The maximum absolute atomic E-state index is 14.8. The summed E-state index contributed by atoms with van der Waals surface area (Å²) in [4.78, 5) is 0. The zero-order valence-electron chi connectivity index (χ0n) is 19.2. The van der Waals surface area contributed by atoms with Gasteiger partial charge in [-0.05, 0) is 59.9 Å². The van der Waals surface area contributed by atoms with Gasteiger partial charge >= 0.3 is 0 Å². The molecule has 0 amide bonds. The first-order valence-corrected chi connectivity index (χ1v) is 11.4. The number of allylic oxidation sites excluding steroid dienone is 1. The SMILES string of the molecule is CCC/C=C\Oc1ccc(-c2ccc(-c3ccc(C4COC(C)OC4)c(F)c3)cc2)c(F)c1F. The fourth-order valence-corrected chi connectivity index (χ4v) is 3.86. The van der Waals surface area contributed by atoms with Crippen molar-refractivity contribution < 1.29 is 27.4 Å². The van der Waals surface area contributed by atoms with Crippen molar-refractivity contribution in [1.82, 2.24) is 0 Å². The van der Waals surface area contributed by atoms with Crippen LogP contribution in [0.2, 0.25) is 0 Å². The van der Waals surface area contributed by atoms with Gasteiger partial charge in [0.1, 0.15) is 5.82 Å². The zero-order valence-corrected chi connectivity index (χ0v) is 19.2. The molecule has 0 aliphatic carbocycles. The molecule has 0 aromatic heterocycles. The minimum absolute atomic E-state index is 0.127. The molecule has 1 fully saturated rings. The first-order chi connectivity index (χ1) is 16.5. The highest BCUT2D eigenvalue weighted by molar-refractivity contribution is 5.71. The Labute approximate surface area is 197 Å². The molecule has 3 nitrogen and oxygen atoms in total. The number of unbranched alkanes of at least 4 members (excludes halogenated alkanes) is 1. The van der Waals surface area contributed by atoms with E-state index < -0.39 is 11.6 Å². The quantitative estimate of drug-likeness (QED) is 0.334. The number of hydrogen-bond acceptors (Lipinski definition) is 3. The van der Waals surface area contributed by atoms with E-state index in [4.69, 9.17) is 14.2 Å². The second-order valence-corrected chi connectivity index (χ2v) is 8.26. The van der Waals surface area contributed by atoms with Crippen LogP contribution in [-0.4, -0.2) is 19.5 Å². The van der Waals surface area contributed by atoms with E-state index in [0.717, 1.165) is 18.4 Å². The van der Waals surface area contributed by atoms with Gasteiger partial charge in [-0.15, -0.1) is 0 Å². The summed E-state index contributed by atoms with van der Waals surface area (Å²) in [6, 6.07) is 14.8. The smallest absolute Gasteiger partial charge is 0.201 e. The lowest BCUT2D eigenvalue weighted by molar-refractivity contribution is -0.176. The van der Waals surface area contributed by atoms with E-state index in [0.29, 0.717) is 29.9 Å². The molecule has 0 bridgehead atoms. The summed E-state index contributed by atoms with van der Waals surface area (Å²) in [6.45, 7) is 4.65. The van der Waals surface area contributed by atoms with Crippen molar-refractivity contribution in [2.75, 3.05) is 13.2 Å². The van der Waals surface area contributed by atoms with Gasteiger partial charge in [0.25, 0.3) is 0 Å². The molecule has 1 saturated heterocycles. The topological polar surface area (TPSA) is 27.7 Å². The molecular formula is C28H27F3O3. The molecule has 3 aromatic carbocycles. The number of halogens is 3. The molecule has 0 atom stereocenters. The van der Waals surface area contributed by atoms with Gasteiger partial charge in [0.2, 0.25) is 5.82 Å². The van der Waals surface area contributed by atoms with Gasteiger partial charge in [-0.1, -0.05) is 49.7 Å². The molecule has 0 radical (unpaired) electrons. The van der Waals surface area contributed by atoms with Gasteiger partial charge in [0, 0.05) is 11.5 Å². The second-order valence-electron chi connectivity index (χ2n) is 8.26. The van der Waals surface area contributed by atoms with E-state index >= 15 is 0 Å². The first kappa shape index (κ1) is 24.0. The second kappa shape index (κ2) is 10.9. The van der Waals surface area contributed by atoms with Gasteiger partial charge in [-0.3, -0.25) is 0 Å². The molecule has 1 aliphatic rings. The molecule has 0 unspecified atom stereocenters. The molecule has 3 aromatic rings. The standard InChI is InChI=1S/C28H27F3O3/c1-3-4-5-14-32-26-13-12-24(27(30)28(26)31)20-8-6-19(7-9-20)21-10-11-23(25(29)15-21)22-16-33-18(2)34-17-22/h5-15,18,22H,3-4,16-17H2,1-2H3/b14-5-. The Balaban J connectivity index is 1.51. The zero-order chi connectivity index (χ0) is 24.1. The van der Waals surface area contributed by atoms with Crippen LogP contribution >= 0.6 is 0 Å². The van der Waals surface area contributed by atoms with Crippen LogP contribution in [0.25, 0.3) is 22.3 Å². The van der Waals surface area contributed by atoms with Crippen molar-refractivity contribution >= 4 is 0 Å². The van der Waals surface area contributed by atoms with Crippen molar-refractivity contribution in [2.24, 2.45) is 0 Å². The average molecular weight is 469 g/mol. The van der Waals surface area contributed by atoms with Gasteiger partial charge in [0.15, 0.2) is 17.9 Å². The van der Waals surface area contributed by atoms with Crippen LogP contribution in [0.1, 0.15) is 38.2 Å². The van der Waals surface area contributed by atoms with Crippen LogP contribution in [0.15, 0.2) is 66.9 Å². The molecule has 0 saturated carbocycles. The van der Waals surface area contributed by atoms with E-state index in [9.17, 15) is 13.2 Å². The third kappa shape index (κ3) is 5.34. The van der Waals surface area contributed by atoms with E-state index in [1.165, 1.54) is 24.5 Å². The van der Waals surface area contributed by atoms with Gasteiger partial charge in [-0.25, -0.2) is 8.78 Å².